The number of carbonyl (C=O) groups excluding carboxylic acids is 1. The predicted molar refractivity (Wildman–Crippen MR) is 143 cm³/mol. The number of hydrogen-bond donors (Lipinski definition) is 0. The standard InChI is InChI=1S/C28H21BrN2O2S/c29-22-13-11-21(12-14-22)25-16-15-24(33-25)19-26-27(32)31(18-17-20-7-3-1-4-8-20)28(34-26)30-23-9-5-2-6-10-23/h1-16,19H,17-18H2/b26-19+,30-28?. The van der Waals surface area contributed by atoms with Gasteiger partial charge in [-0.15, -0.1) is 0 Å². The minimum atomic E-state index is -0.0581. The summed E-state index contributed by atoms with van der Waals surface area (Å²) in [6.07, 6.45) is 2.56. The molecule has 0 saturated carbocycles. The second-order valence-corrected chi connectivity index (χ2v) is 9.67. The van der Waals surface area contributed by atoms with Gasteiger partial charge in [-0.1, -0.05) is 76.6 Å². The summed E-state index contributed by atoms with van der Waals surface area (Å²) in [7, 11) is 0. The van der Waals surface area contributed by atoms with E-state index in [1.54, 1.807) is 11.0 Å². The van der Waals surface area contributed by atoms with Crippen molar-refractivity contribution in [3.05, 3.63) is 118 Å². The van der Waals surface area contributed by atoms with Gasteiger partial charge in [0.2, 0.25) is 0 Å². The van der Waals surface area contributed by atoms with Crippen LogP contribution in [0.25, 0.3) is 17.4 Å². The summed E-state index contributed by atoms with van der Waals surface area (Å²) >= 11 is 4.83. The average molecular weight is 529 g/mol. The molecule has 0 spiro atoms. The monoisotopic (exact) mass is 528 g/mol. The van der Waals surface area contributed by atoms with Gasteiger partial charge in [0.15, 0.2) is 5.17 Å². The Morgan fingerprint density at radius 1 is 0.882 bits per heavy atom. The van der Waals surface area contributed by atoms with E-state index in [2.05, 4.69) is 28.1 Å². The number of amides is 1. The van der Waals surface area contributed by atoms with Crippen LogP contribution in [-0.4, -0.2) is 22.5 Å². The molecule has 0 radical (unpaired) electrons. The van der Waals surface area contributed by atoms with Gasteiger partial charge in [-0.05, 0) is 60.1 Å². The second-order valence-electron chi connectivity index (χ2n) is 7.74. The number of aliphatic imine (C=N–C) groups is 1. The molecule has 168 valence electrons. The van der Waals surface area contributed by atoms with Gasteiger partial charge in [-0.3, -0.25) is 9.69 Å². The SMILES string of the molecule is O=C1/C(=C\c2ccc(-c3ccc(Br)cc3)o2)SC(=Nc2ccccc2)N1CCc1ccccc1. The van der Waals surface area contributed by atoms with E-state index in [-0.39, 0.29) is 5.91 Å². The summed E-state index contributed by atoms with van der Waals surface area (Å²) < 4.78 is 7.04. The molecule has 5 rings (SSSR count). The molecule has 0 N–H and O–H groups in total. The van der Waals surface area contributed by atoms with E-state index >= 15 is 0 Å². The van der Waals surface area contributed by atoms with Crippen LogP contribution < -0.4 is 0 Å². The molecular weight excluding hydrogens is 508 g/mol. The second kappa shape index (κ2) is 10.3. The van der Waals surface area contributed by atoms with Crippen LogP contribution in [0.2, 0.25) is 0 Å². The van der Waals surface area contributed by atoms with Crippen LogP contribution in [0.5, 0.6) is 0 Å². The lowest BCUT2D eigenvalue weighted by molar-refractivity contribution is -0.122. The van der Waals surface area contributed by atoms with E-state index in [0.717, 1.165) is 27.9 Å². The molecule has 2 heterocycles. The predicted octanol–water partition coefficient (Wildman–Crippen LogP) is 7.56. The topological polar surface area (TPSA) is 45.8 Å². The molecule has 1 fully saturated rings. The maximum Gasteiger partial charge on any atom is 0.266 e. The number of para-hydroxylation sites is 1. The number of thioether (sulfide) groups is 1. The summed E-state index contributed by atoms with van der Waals surface area (Å²) in [5, 5.41) is 0.679. The minimum Gasteiger partial charge on any atom is -0.457 e. The Balaban J connectivity index is 1.41. The molecule has 4 nitrogen and oxygen atoms in total. The summed E-state index contributed by atoms with van der Waals surface area (Å²) in [5.74, 6) is 1.34. The van der Waals surface area contributed by atoms with Gasteiger partial charge in [0.25, 0.3) is 5.91 Å². The van der Waals surface area contributed by atoms with Crippen LogP contribution in [0.4, 0.5) is 5.69 Å². The fourth-order valence-corrected chi connectivity index (χ4v) is 4.89. The Morgan fingerprint density at radius 3 is 2.32 bits per heavy atom. The lowest BCUT2D eigenvalue weighted by Crippen LogP contribution is -2.31. The molecule has 0 aliphatic carbocycles. The first-order chi connectivity index (χ1) is 16.7. The van der Waals surface area contributed by atoms with Gasteiger partial charge >= 0.3 is 0 Å². The van der Waals surface area contributed by atoms with Crippen LogP contribution >= 0.6 is 27.7 Å². The van der Waals surface area contributed by atoms with Crippen LogP contribution in [0.3, 0.4) is 0 Å². The van der Waals surface area contributed by atoms with E-state index in [1.807, 2.05) is 84.9 Å². The summed E-state index contributed by atoms with van der Waals surface area (Å²) in [5.41, 5.74) is 2.98. The van der Waals surface area contributed by atoms with Gasteiger partial charge in [0.05, 0.1) is 10.6 Å². The normalized spacial score (nSPS) is 16.0. The molecular formula is C28H21BrN2O2S. The first-order valence-corrected chi connectivity index (χ1v) is 12.5. The molecule has 3 aromatic carbocycles. The van der Waals surface area contributed by atoms with E-state index in [0.29, 0.717) is 22.4 Å². The lowest BCUT2D eigenvalue weighted by Gasteiger charge is -2.15. The number of halogens is 1. The van der Waals surface area contributed by atoms with Gasteiger partial charge in [-0.2, -0.15) is 0 Å². The van der Waals surface area contributed by atoms with Crippen molar-refractivity contribution in [2.45, 2.75) is 6.42 Å². The third-order valence-electron chi connectivity index (χ3n) is 5.36. The van der Waals surface area contributed by atoms with Crippen molar-refractivity contribution in [1.29, 1.82) is 0 Å². The van der Waals surface area contributed by atoms with Crippen LogP contribution in [-0.2, 0) is 11.2 Å². The zero-order valence-corrected chi connectivity index (χ0v) is 20.6. The number of benzene rings is 3. The number of hydrogen-bond acceptors (Lipinski definition) is 4. The van der Waals surface area contributed by atoms with Crippen molar-refractivity contribution in [2.24, 2.45) is 4.99 Å². The Kier molecular flexibility index (Phi) is 6.79. The van der Waals surface area contributed by atoms with Gasteiger partial charge in [-0.25, -0.2) is 4.99 Å². The molecule has 0 atom stereocenters. The van der Waals surface area contributed by atoms with E-state index in [1.165, 1.54) is 17.3 Å². The molecule has 1 aliphatic rings. The van der Waals surface area contributed by atoms with Gasteiger partial charge < -0.3 is 4.42 Å². The Bertz CT molecular complexity index is 1350. The van der Waals surface area contributed by atoms with Crippen molar-refractivity contribution < 1.29 is 9.21 Å². The van der Waals surface area contributed by atoms with Crippen LogP contribution in [0.15, 0.2) is 116 Å². The maximum atomic E-state index is 13.4. The number of amidine groups is 1. The minimum absolute atomic E-state index is 0.0581. The highest BCUT2D eigenvalue weighted by Gasteiger charge is 2.33. The largest absolute Gasteiger partial charge is 0.457 e. The summed E-state index contributed by atoms with van der Waals surface area (Å²) in [6, 6.07) is 31.6. The fraction of sp³-hybridized carbons (Fsp3) is 0.0714. The zero-order chi connectivity index (χ0) is 23.3. The van der Waals surface area contributed by atoms with Crippen molar-refractivity contribution in [3.63, 3.8) is 0 Å². The van der Waals surface area contributed by atoms with E-state index in [4.69, 9.17) is 9.41 Å². The zero-order valence-electron chi connectivity index (χ0n) is 18.2. The van der Waals surface area contributed by atoms with Crippen molar-refractivity contribution >= 4 is 50.5 Å². The highest BCUT2D eigenvalue weighted by atomic mass is 79.9. The number of rotatable bonds is 6. The third-order valence-corrected chi connectivity index (χ3v) is 6.90. The van der Waals surface area contributed by atoms with E-state index < -0.39 is 0 Å². The molecule has 1 aromatic heterocycles. The average Bonchev–Trinajstić information content (AvgIpc) is 3.44. The smallest absolute Gasteiger partial charge is 0.266 e. The first kappa shape index (κ1) is 22.4. The Hall–Kier alpha value is -3.35. The number of furan rings is 1. The molecule has 1 amide bonds. The molecule has 1 saturated heterocycles. The third kappa shape index (κ3) is 5.24. The van der Waals surface area contributed by atoms with Crippen molar-refractivity contribution in [3.8, 4) is 11.3 Å². The molecule has 0 unspecified atom stereocenters. The molecule has 0 bridgehead atoms. The number of carbonyl (C=O) groups is 1. The summed E-state index contributed by atoms with van der Waals surface area (Å²) in [4.78, 5) is 20.5. The fourth-order valence-electron chi connectivity index (χ4n) is 3.62. The molecule has 1 aliphatic heterocycles. The van der Waals surface area contributed by atoms with E-state index in [9.17, 15) is 4.79 Å². The van der Waals surface area contributed by atoms with Crippen molar-refractivity contribution in [2.75, 3.05) is 6.54 Å². The Morgan fingerprint density at radius 2 is 1.59 bits per heavy atom. The lowest BCUT2D eigenvalue weighted by atomic mass is 10.1. The molecule has 4 aromatic rings. The van der Waals surface area contributed by atoms with Crippen LogP contribution in [0.1, 0.15) is 11.3 Å². The quantitative estimate of drug-likeness (QED) is 0.242. The van der Waals surface area contributed by atoms with Gasteiger partial charge in [0.1, 0.15) is 11.5 Å². The summed E-state index contributed by atoms with van der Waals surface area (Å²) in [6.45, 7) is 0.557. The van der Waals surface area contributed by atoms with Gasteiger partial charge in [0, 0.05) is 22.7 Å². The highest BCUT2D eigenvalue weighted by molar-refractivity contribution is 9.10. The van der Waals surface area contributed by atoms with Crippen LogP contribution in [0, 0.1) is 0 Å². The molecule has 6 heteroatoms. The maximum absolute atomic E-state index is 13.4. The number of nitrogens with zero attached hydrogens (tertiary/aromatic N) is 2. The first-order valence-electron chi connectivity index (χ1n) is 10.9. The highest BCUT2D eigenvalue weighted by Crippen LogP contribution is 2.35. The Labute approximate surface area is 211 Å². The van der Waals surface area contributed by atoms with Crippen molar-refractivity contribution in [1.82, 2.24) is 4.90 Å². The molecule has 34 heavy (non-hydrogen) atoms.